The van der Waals surface area contributed by atoms with Crippen LogP contribution in [-0.4, -0.2) is 30.1 Å². The van der Waals surface area contributed by atoms with Gasteiger partial charge in [-0.2, -0.15) is 0 Å². The normalized spacial score (nSPS) is 11.4. The number of aromatic nitrogens is 1. The fraction of sp³-hybridized carbons (Fsp3) is 0.333. The lowest BCUT2D eigenvalue weighted by atomic mass is 10.3. The van der Waals surface area contributed by atoms with E-state index < -0.39 is 0 Å². The van der Waals surface area contributed by atoms with E-state index in [1.807, 2.05) is 6.92 Å². The highest BCUT2D eigenvalue weighted by Gasteiger charge is 2.12. The lowest BCUT2D eigenvalue weighted by molar-refractivity contribution is 0.0927. The zero-order valence-corrected chi connectivity index (χ0v) is 15.0. The molecule has 2 aromatic rings. The van der Waals surface area contributed by atoms with Gasteiger partial charge in [-0.25, -0.2) is 4.98 Å². The van der Waals surface area contributed by atoms with Crippen LogP contribution < -0.4 is 15.8 Å². The second-order valence-corrected chi connectivity index (χ2v) is 6.14. The summed E-state index contributed by atoms with van der Waals surface area (Å²) in [6.07, 6.45) is 0.529. The average molecular weight is 376 g/mol. The third-order valence-electron chi connectivity index (χ3n) is 2.84. The van der Waals surface area contributed by atoms with Crippen molar-refractivity contribution in [3.05, 3.63) is 45.4 Å². The molecule has 0 fully saturated rings. The second-order valence-electron chi connectivity index (χ2n) is 4.76. The van der Waals surface area contributed by atoms with Crippen molar-refractivity contribution in [3.8, 4) is 5.75 Å². The van der Waals surface area contributed by atoms with Crippen molar-refractivity contribution in [1.82, 2.24) is 10.3 Å². The number of nitrogens with one attached hydrogen (secondary N) is 1. The average Bonchev–Trinajstić information content (AvgIpc) is 2.96. The Labute approximate surface area is 150 Å². The molecular formula is C15H19Cl2N3O2S. The van der Waals surface area contributed by atoms with Crippen molar-refractivity contribution in [3.63, 3.8) is 0 Å². The number of carbonyl (C=O) groups excluding carboxylic acids is 1. The lowest BCUT2D eigenvalue weighted by Gasteiger charge is -2.15. The number of carbonyl (C=O) groups is 1. The third-order valence-corrected chi connectivity index (χ3v) is 4.00. The second kappa shape index (κ2) is 9.72. The van der Waals surface area contributed by atoms with Gasteiger partial charge in [-0.3, -0.25) is 4.79 Å². The van der Waals surface area contributed by atoms with Crippen LogP contribution in [0.2, 0.25) is 5.02 Å². The fourth-order valence-electron chi connectivity index (χ4n) is 1.77. The highest BCUT2D eigenvalue weighted by atomic mass is 35.5. The minimum Gasteiger partial charge on any atom is -0.489 e. The molecule has 0 saturated carbocycles. The van der Waals surface area contributed by atoms with Gasteiger partial charge in [0.2, 0.25) is 0 Å². The van der Waals surface area contributed by atoms with Crippen molar-refractivity contribution >= 4 is 41.3 Å². The summed E-state index contributed by atoms with van der Waals surface area (Å²) in [4.78, 5) is 16.2. The van der Waals surface area contributed by atoms with Gasteiger partial charge in [0.25, 0.3) is 5.91 Å². The largest absolute Gasteiger partial charge is 0.489 e. The number of nitrogens with two attached hydrogens (primary N) is 1. The Kier molecular flexibility index (Phi) is 8.33. The van der Waals surface area contributed by atoms with Gasteiger partial charge in [0.05, 0.1) is 11.6 Å². The van der Waals surface area contributed by atoms with Gasteiger partial charge < -0.3 is 15.8 Å². The first-order valence-electron chi connectivity index (χ1n) is 6.93. The van der Waals surface area contributed by atoms with Gasteiger partial charge in [0.15, 0.2) is 0 Å². The van der Waals surface area contributed by atoms with Crippen LogP contribution in [0.4, 0.5) is 0 Å². The molecule has 0 aliphatic heterocycles. The van der Waals surface area contributed by atoms with E-state index in [0.29, 0.717) is 36.0 Å². The summed E-state index contributed by atoms with van der Waals surface area (Å²) in [7, 11) is 0. The monoisotopic (exact) mass is 375 g/mol. The van der Waals surface area contributed by atoms with Crippen LogP contribution in [-0.2, 0) is 6.42 Å². The van der Waals surface area contributed by atoms with Crippen molar-refractivity contribution in [2.75, 3.05) is 13.1 Å². The van der Waals surface area contributed by atoms with E-state index >= 15 is 0 Å². The third kappa shape index (κ3) is 6.35. The van der Waals surface area contributed by atoms with Gasteiger partial charge in [-0.1, -0.05) is 11.6 Å². The summed E-state index contributed by atoms with van der Waals surface area (Å²) in [5.74, 6) is 0.510. The number of hydrogen-bond acceptors (Lipinski definition) is 5. The number of nitrogens with zero attached hydrogens (tertiary/aromatic N) is 1. The van der Waals surface area contributed by atoms with Crippen LogP contribution in [0.25, 0.3) is 0 Å². The molecule has 3 N–H and O–H groups in total. The van der Waals surface area contributed by atoms with E-state index in [0.717, 1.165) is 5.01 Å². The predicted octanol–water partition coefficient (Wildman–Crippen LogP) is 2.92. The van der Waals surface area contributed by atoms with E-state index in [1.54, 1.807) is 29.6 Å². The zero-order valence-electron chi connectivity index (χ0n) is 12.6. The van der Waals surface area contributed by atoms with E-state index in [9.17, 15) is 4.79 Å². The minimum absolute atomic E-state index is 0. The van der Waals surface area contributed by atoms with Crippen LogP contribution in [0.3, 0.4) is 0 Å². The molecule has 5 nitrogen and oxygen atoms in total. The van der Waals surface area contributed by atoms with Crippen LogP contribution in [0.15, 0.2) is 29.6 Å². The molecule has 0 spiro atoms. The van der Waals surface area contributed by atoms with E-state index in [2.05, 4.69) is 10.3 Å². The summed E-state index contributed by atoms with van der Waals surface area (Å²) in [6.45, 7) is 2.81. The first-order chi connectivity index (χ1) is 10.6. The summed E-state index contributed by atoms with van der Waals surface area (Å²) >= 11 is 7.26. The highest BCUT2D eigenvalue weighted by Crippen LogP contribution is 2.16. The molecule has 1 amide bonds. The molecule has 1 aromatic carbocycles. The van der Waals surface area contributed by atoms with Crippen molar-refractivity contribution in [1.29, 1.82) is 0 Å². The van der Waals surface area contributed by atoms with Crippen LogP contribution in [0, 0.1) is 0 Å². The van der Waals surface area contributed by atoms with Gasteiger partial charge in [0.1, 0.15) is 17.5 Å². The summed E-state index contributed by atoms with van der Waals surface area (Å²) in [5, 5.41) is 6.08. The summed E-state index contributed by atoms with van der Waals surface area (Å²) < 4.78 is 5.69. The number of thiazole rings is 1. The first-order valence-corrected chi connectivity index (χ1v) is 8.19. The molecule has 1 unspecified atom stereocenters. The molecule has 0 aliphatic carbocycles. The van der Waals surface area contributed by atoms with Crippen molar-refractivity contribution in [2.24, 2.45) is 5.73 Å². The van der Waals surface area contributed by atoms with Crippen LogP contribution in [0.5, 0.6) is 5.75 Å². The van der Waals surface area contributed by atoms with Crippen molar-refractivity contribution in [2.45, 2.75) is 19.4 Å². The molecule has 8 heteroatoms. The standard InChI is InChI=1S/C15H18ClN3O2S.ClH/c1-10(21-12-4-2-11(16)3-5-12)8-18-15(20)13-9-22-14(19-13)6-7-17;/h2-5,9-10H,6-8,17H2,1H3,(H,18,20);1H. The Hall–Kier alpha value is -1.34. The highest BCUT2D eigenvalue weighted by molar-refractivity contribution is 7.09. The summed E-state index contributed by atoms with van der Waals surface area (Å²) in [6, 6.07) is 7.10. The van der Waals surface area contributed by atoms with E-state index in [-0.39, 0.29) is 24.4 Å². The Morgan fingerprint density at radius 2 is 2.13 bits per heavy atom. The smallest absolute Gasteiger partial charge is 0.270 e. The van der Waals surface area contributed by atoms with Gasteiger partial charge in [-0.15, -0.1) is 23.7 Å². The Morgan fingerprint density at radius 1 is 1.43 bits per heavy atom. The maximum absolute atomic E-state index is 12.0. The number of ether oxygens (including phenoxy) is 1. The Bertz CT molecular complexity index is 619. The molecule has 0 saturated heterocycles. The van der Waals surface area contributed by atoms with Crippen LogP contribution >= 0.6 is 35.3 Å². The molecule has 23 heavy (non-hydrogen) atoms. The maximum Gasteiger partial charge on any atom is 0.270 e. The van der Waals surface area contributed by atoms with Gasteiger partial charge in [0, 0.05) is 16.8 Å². The van der Waals surface area contributed by atoms with Crippen LogP contribution in [0.1, 0.15) is 22.4 Å². The molecule has 1 heterocycles. The lowest BCUT2D eigenvalue weighted by Crippen LogP contribution is -2.33. The first kappa shape index (κ1) is 19.7. The van der Waals surface area contributed by atoms with E-state index in [4.69, 9.17) is 22.1 Å². The zero-order chi connectivity index (χ0) is 15.9. The van der Waals surface area contributed by atoms with Crippen molar-refractivity contribution < 1.29 is 9.53 Å². The minimum atomic E-state index is -0.203. The number of benzene rings is 1. The maximum atomic E-state index is 12.0. The molecule has 1 aromatic heterocycles. The topological polar surface area (TPSA) is 77.2 Å². The SMILES string of the molecule is CC(CNC(=O)c1csc(CCN)n1)Oc1ccc(Cl)cc1.Cl. The number of halogens is 2. The molecule has 2 rings (SSSR count). The molecular weight excluding hydrogens is 357 g/mol. The number of rotatable bonds is 7. The molecule has 0 bridgehead atoms. The molecule has 1 atom stereocenters. The Balaban J connectivity index is 0.00000264. The molecule has 0 aliphatic rings. The summed E-state index contributed by atoms with van der Waals surface area (Å²) in [5.41, 5.74) is 5.89. The molecule has 126 valence electrons. The number of amides is 1. The quantitative estimate of drug-likeness (QED) is 0.779. The number of hydrogen-bond donors (Lipinski definition) is 2. The van der Waals surface area contributed by atoms with Gasteiger partial charge >= 0.3 is 0 Å². The fourth-order valence-corrected chi connectivity index (χ4v) is 2.69. The van der Waals surface area contributed by atoms with E-state index in [1.165, 1.54) is 11.3 Å². The van der Waals surface area contributed by atoms with Gasteiger partial charge in [-0.05, 0) is 37.7 Å². The Morgan fingerprint density at radius 3 is 2.78 bits per heavy atom. The predicted molar refractivity (Wildman–Crippen MR) is 96.0 cm³/mol. The molecule has 0 radical (unpaired) electrons.